The van der Waals surface area contributed by atoms with Gasteiger partial charge in [0.25, 0.3) is 0 Å². The van der Waals surface area contributed by atoms with Crippen molar-refractivity contribution in [2.24, 2.45) is 0 Å². The van der Waals surface area contributed by atoms with Gasteiger partial charge in [-0.15, -0.1) is 0 Å². The third-order valence-corrected chi connectivity index (χ3v) is 3.16. The number of halogens is 2. The molecule has 0 spiro atoms. The molecule has 96 valence electrons. The number of hydrogen-bond acceptors (Lipinski definition) is 2. The Morgan fingerprint density at radius 3 is 2.83 bits per heavy atom. The van der Waals surface area contributed by atoms with E-state index < -0.39 is 0 Å². The van der Waals surface area contributed by atoms with Crippen LogP contribution in [-0.4, -0.2) is 6.54 Å². The third-order valence-electron chi connectivity index (χ3n) is 2.70. The second kappa shape index (κ2) is 6.16. The monoisotopic (exact) mass is 311 g/mol. The SMILES string of the molecule is CCNC(Cc1cc(F)cc(Br)c1)c1ccco1. The van der Waals surface area contributed by atoms with E-state index in [-0.39, 0.29) is 11.9 Å². The van der Waals surface area contributed by atoms with E-state index in [0.717, 1.165) is 22.3 Å². The normalized spacial score (nSPS) is 12.6. The van der Waals surface area contributed by atoms with Gasteiger partial charge < -0.3 is 9.73 Å². The summed E-state index contributed by atoms with van der Waals surface area (Å²) in [6.45, 7) is 2.87. The van der Waals surface area contributed by atoms with E-state index in [9.17, 15) is 4.39 Å². The van der Waals surface area contributed by atoms with Gasteiger partial charge in [-0.3, -0.25) is 0 Å². The summed E-state index contributed by atoms with van der Waals surface area (Å²) >= 11 is 3.31. The molecule has 0 saturated heterocycles. The van der Waals surface area contributed by atoms with E-state index in [2.05, 4.69) is 21.2 Å². The van der Waals surface area contributed by atoms with Crippen molar-refractivity contribution >= 4 is 15.9 Å². The van der Waals surface area contributed by atoms with Gasteiger partial charge >= 0.3 is 0 Å². The molecule has 0 radical (unpaired) electrons. The van der Waals surface area contributed by atoms with Crippen LogP contribution >= 0.6 is 15.9 Å². The van der Waals surface area contributed by atoms with E-state index in [4.69, 9.17) is 4.42 Å². The molecule has 0 aliphatic carbocycles. The Morgan fingerprint density at radius 1 is 1.39 bits per heavy atom. The summed E-state index contributed by atoms with van der Waals surface area (Å²) in [7, 11) is 0. The number of furan rings is 1. The van der Waals surface area contributed by atoms with Gasteiger partial charge in [0, 0.05) is 4.47 Å². The first kappa shape index (κ1) is 13.3. The molecule has 1 aromatic carbocycles. The predicted molar refractivity (Wildman–Crippen MR) is 72.9 cm³/mol. The molecule has 2 nitrogen and oxygen atoms in total. The van der Waals surface area contributed by atoms with Crippen LogP contribution in [-0.2, 0) is 6.42 Å². The molecule has 1 aromatic heterocycles. The minimum absolute atomic E-state index is 0.0682. The molecule has 4 heteroatoms. The fraction of sp³-hybridized carbons (Fsp3) is 0.286. The summed E-state index contributed by atoms with van der Waals surface area (Å²) in [5.41, 5.74) is 0.934. The Bertz CT molecular complexity index is 478. The summed E-state index contributed by atoms with van der Waals surface area (Å²) in [6.07, 6.45) is 2.35. The molecule has 0 aliphatic rings. The molecule has 1 atom stereocenters. The van der Waals surface area contributed by atoms with E-state index in [0.29, 0.717) is 6.42 Å². The van der Waals surface area contributed by atoms with Crippen LogP contribution in [0.25, 0.3) is 0 Å². The van der Waals surface area contributed by atoms with Crippen molar-refractivity contribution in [1.29, 1.82) is 0 Å². The Hall–Kier alpha value is -1.13. The van der Waals surface area contributed by atoms with Crippen LogP contribution in [0.15, 0.2) is 45.5 Å². The lowest BCUT2D eigenvalue weighted by atomic mass is 10.0. The van der Waals surface area contributed by atoms with Crippen molar-refractivity contribution < 1.29 is 8.81 Å². The lowest BCUT2D eigenvalue weighted by molar-refractivity contribution is 0.416. The van der Waals surface area contributed by atoms with Crippen molar-refractivity contribution in [2.75, 3.05) is 6.54 Å². The predicted octanol–water partition coefficient (Wildman–Crippen LogP) is 4.07. The maximum Gasteiger partial charge on any atom is 0.124 e. The first-order valence-electron chi connectivity index (χ1n) is 5.90. The van der Waals surface area contributed by atoms with Crippen LogP contribution in [0.3, 0.4) is 0 Å². The van der Waals surface area contributed by atoms with E-state index in [1.165, 1.54) is 6.07 Å². The van der Waals surface area contributed by atoms with Gasteiger partial charge in [0.2, 0.25) is 0 Å². The minimum Gasteiger partial charge on any atom is -0.468 e. The summed E-state index contributed by atoms with van der Waals surface area (Å²) in [5, 5.41) is 3.34. The highest BCUT2D eigenvalue weighted by atomic mass is 79.9. The van der Waals surface area contributed by atoms with Gasteiger partial charge in [-0.05, 0) is 48.9 Å². The van der Waals surface area contributed by atoms with Crippen LogP contribution in [0.2, 0.25) is 0 Å². The second-order valence-corrected chi connectivity index (χ2v) is 5.02. The minimum atomic E-state index is -0.228. The second-order valence-electron chi connectivity index (χ2n) is 4.11. The zero-order chi connectivity index (χ0) is 13.0. The number of benzene rings is 1. The van der Waals surface area contributed by atoms with Crippen LogP contribution in [0.1, 0.15) is 24.3 Å². The quantitative estimate of drug-likeness (QED) is 0.900. The molecular formula is C14H15BrFNO. The summed E-state index contributed by atoms with van der Waals surface area (Å²) < 4.78 is 19.5. The molecule has 18 heavy (non-hydrogen) atoms. The molecule has 0 amide bonds. The molecule has 0 saturated carbocycles. The van der Waals surface area contributed by atoms with E-state index in [1.807, 2.05) is 25.1 Å². The van der Waals surface area contributed by atoms with Gasteiger partial charge in [0.1, 0.15) is 11.6 Å². The highest BCUT2D eigenvalue weighted by Crippen LogP contribution is 2.22. The average molecular weight is 312 g/mol. The molecule has 2 aromatic rings. The molecular weight excluding hydrogens is 297 g/mol. The standard InChI is InChI=1S/C14H15BrFNO/c1-2-17-13(14-4-3-5-18-14)8-10-6-11(15)9-12(16)7-10/h3-7,9,13,17H,2,8H2,1H3. The maximum absolute atomic E-state index is 13.3. The van der Waals surface area contributed by atoms with Crippen molar-refractivity contribution in [3.8, 4) is 0 Å². The van der Waals surface area contributed by atoms with Crippen LogP contribution in [0.5, 0.6) is 0 Å². The van der Waals surface area contributed by atoms with Gasteiger partial charge in [0.05, 0.1) is 12.3 Å². The smallest absolute Gasteiger partial charge is 0.124 e. The van der Waals surface area contributed by atoms with Crippen LogP contribution in [0, 0.1) is 5.82 Å². The zero-order valence-corrected chi connectivity index (χ0v) is 11.7. The topological polar surface area (TPSA) is 25.2 Å². The van der Waals surface area contributed by atoms with Crippen LogP contribution < -0.4 is 5.32 Å². The number of likely N-dealkylation sites (N-methyl/N-ethyl adjacent to an activating group) is 1. The van der Waals surface area contributed by atoms with Gasteiger partial charge in [-0.1, -0.05) is 22.9 Å². The first-order chi connectivity index (χ1) is 8.69. The Kier molecular flexibility index (Phi) is 4.55. The van der Waals surface area contributed by atoms with Crippen molar-refractivity contribution in [2.45, 2.75) is 19.4 Å². The molecule has 1 unspecified atom stereocenters. The highest BCUT2D eigenvalue weighted by molar-refractivity contribution is 9.10. The fourth-order valence-electron chi connectivity index (χ4n) is 1.97. The Balaban J connectivity index is 2.18. The molecule has 1 heterocycles. The molecule has 0 bridgehead atoms. The molecule has 1 N–H and O–H groups in total. The van der Waals surface area contributed by atoms with Crippen molar-refractivity contribution in [3.63, 3.8) is 0 Å². The van der Waals surface area contributed by atoms with Gasteiger partial charge in [-0.25, -0.2) is 4.39 Å². The summed E-state index contributed by atoms with van der Waals surface area (Å²) in [4.78, 5) is 0. The molecule has 0 fully saturated rings. The fourth-order valence-corrected chi connectivity index (χ4v) is 2.49. The number of hydrogen-bond donors (Lipinski definition) is 1. The number of rotatable bonds is 5. The Morgan fingerprint density at radius 2 is 2.22 bits per heavy atom. The lowest BCUT2D eigenvalue weighted by Gasteiger charge is -2.15. The average Bonchev–Trinajstić information content (AvgIpc) is 2.80. The van der Waals surface area contributed by atoms with E-state index >= 15 is 0 Å². The highest BCUT2D eigenvalue weighted by Gasteiger charge is 2.14. The van der Waals surface area contributed by atoms with Gasteiger partial charge in [0.15, 0.2) is 0 Å². The Labute approximate surface area is 114 Å². The summed E-state index contributed by atoms with van der Waals surface area (Å²) in [6, 6.07) is 8.80. The first-order valence-corrected chi connectivity index (χ1v) is 6.70. The lowest BCUT2D eigenvalue weighted by Crippen LogP contribution is -2.22. The van der Waals surface area contributed by atoms with E-state index in [1.54, 1.807) is 12.3 Å². The number of nitrogens with one attached hydrogen (secondary N) is 1. The molecule has 2 rings (SSSR count). The maximum atomic E-state index is 13.3. The van der Waals surface area contributed by atoms with Crippen molar-refractivity contribution in [3.05, 3.63) is 58.2 Å². The summed E-state index contributed by atoms with van der Waals surface area (Å²) in [5.74, 6) is 0.645. The largest absolute Gasteiger partial charge is 0.468 e. The zero-order valence-electron chi connectivity index (χ0n) is 10.1. The van der Waals surface area contributed by atoms with Gasteiger partial charge in [-0.2, -0.15) is 0 Å². The third kappa shape index (κ3) is 3.43. The van der Waals surface area contributed by atoms with Crippen molar-refractivity contribution in [1.82, 2.24) is 5.32 Å². The molecule has 0 aliphatic heterocycles. The van der Waals surface area contributed by atoms with Crippen LogP contribution in [0.4, 0.5) is 4.39 Å².